The maximum Gasteiger partial charge on any atom is 0.338 e. The third-order valence-corrected chi connectivity index (χ3v) is 5.49. The fourth-order valence-electron chi connectivity index (χ4n) is 3.67. The van der Waals surface area contributed by atoms with Crippen LogP contribution < -0.4 is 15.5 Å². The lowest BCUT2D eigenvalue weighted by molar-refractivity contribution is -0.146. The van der Waals surface area contributed by atoms with E-state index in [4.69, 9.17) is 17.0 Å². The fourth-order valence-corrected chi connectivity index (χ4v) is 3.94. The number of nitrogens with one attached hydrogen (secondary N) is 2. The highest BCUT2D eigenvalue weighted by molar-refractivity contribution is 7.80. The van der Waals surface area contributed by atoms with E-state index in [1.807, 2.05) is 50.2 Å². The van der Waals surface area contributed by atoms with Crippen molar-refractivity contribution in [1.29, 1.82) is 0 Å². The smallest absolute Gasteiger partial charge is 0.338 e. The molecule has 140 valence electrons. The van der Waals surface area contributed by atoms with Gasteiger partial charge in [-0.3, -0.25) is 0 Å². The Kier molecular flexibility index (Phi) is 5.51. The molecule has 6 heteroatoms. The molecule has 1 aliphatic carbocycles. The second-order valence-corrected chi connectivity index (χ2v) is 7.82. The summed E-state index contributed by atoms with van der Waals surface area (Å²) in [7, 11) is 4.01. The lowest BCUT2D eigenvalue weighted by Crippen LogP contribution is -2.45. The summed E-state index contributed by atoms with van der Waals surface area (Å²) in [6, 6.07) is 7.84. The van der Waals surface area contributed by atoms with Crippen LogP contribution in [0.3, 0.4) is 0 Å². The topological polar surface area (TPSA) is 53.6 Å². The van der Waals surface area contributed by atoms with Gasteiger partial charge in [0, 0.05) is 25.5 Å². The first kappa shape index (κ1) is 18.7. The molecule has 0 spiro atoms. The number of carbonyl (C=O) groups excluding carboxylic acids is 1. The van der Waals surface area contributed by atoms with Crippen LogP contribution in [0.15, 0.2) is 35.5 Å². The van der Waals surface area contributed by atoms with Gasteiger partial charge in [-0.25, -0.2) is 4.79 Å². The molecule has 26 heavy (non-hydrogen) atoms. The van der Waals surface area contributed by atoms with Gasteiger partial charge in [-0.05, 0) is 62.0 Å². The SMILES string of the molecule is CC1=C(C(=O)O[C@@H]2CCC[C@@H]2C)[C@@H](c2ccc(N(C)C)cc2)NC(=S)N1. The molecule has 0 aromatic heterocycles. The number of ether oxygens (including phenoxy) is 1. The Bertz CT molecular complexity index is 727. The van der Waals surface area contributed by atoms with Gasteiger partial charge in [0.15, 0.2) is 5.11 Å². The van der Waals surface area contributed by atoms with Crippen LogP contribution in [0.5, 0.6) is 0 Å². The molecular weight excluding hydrogens is 346 g/mol. The van der Waals surface area contributed by atoms with Gasteiger partial charge < -0.3 is 20.3 Å². The second kappa shape index (κ2) is 7.66. The van der Waals surface area contributed by atoms with Crippen molar-refractivity contribution in [2.45, 2.75) is 45.3 Å². The number of carbonyl (C=O) groups is 1. The molecule has 1 heterocycles. The predicted molar refractivity (Wildman–Crippen MR) is 108 cm³/mol. The summed E-state index contributed by atoms with van der Waals surface area (Å²) < 4.78 is 5.85. The van der Waals surface area contributed by atoms with Crippen molar-refractivity contribution >= 4 is 29.0 Å². The molecule has 5 nitrogen and oxygen atoms in total. The summed E-state index contributed by atoms with van der Waals surface area (Å²) in [6.07, 6.45) is 3.19. The lowest BCUT2D eigenvalue weighted by atomic mass is 9.95. The van der Waals surface area contributed by atoms with Crippen LogP contribution in [0.1, 0.15) is 44.7 Å². The van der Waals surface area contributed by atoms with Crippen molar-refractivity contribution in [2.75, 3.05) is 19.0 Å². The van der Waals surface area contributed by atoms with Gasteiger partial charge in [0.05, 0.1) is 11.6 Å². The molecule has 0 bridgehead atoms. The van der Waals surface area contributed by atoms with Gasteiger partial charge in [-0.1, -0.05) is 19.1 Å². The number of hydrogen-bond donors (Lipinski definition) is 2. The number of thiocarbonyl (C=S) groups is 1. The van der Waals surface area contributed by atoms with E-state index < -0.39 is 0 Å². The Hall–Kier alpha value is -2.08. The molecule has 3 atom stereocenters. The van der Waals surface area contributed by atoms with Gasteiger partial charge >= 0.3 is 5.97 Å². The van der Waals surface area contributed by atoms with E-state index in [0.29, 0.717) is 16.6 Å². The largest absolute Gasteiger partial charge is 0.459 e. The fraction of sp³-hybridized carbons (Fsp3) is 0.500. The highest BCUT2D eigenvalue weighted by atomic mass is 32.1. The standard InChI is InChI=1S/C20H27N3O2S/c1-12-6-5-7-16(12)25-19(24)17-13(2)21-20(26)22-18(17)14-8-10-15(11-9-14)23(3)4/h8-12,16,18H,5-7H2,1-4H3,(H2,21,22,26)/t12-,16+,18+/m0/s1. The Labute approximate surface area is 160 Å². The van der Waals surface area contributed by atoms with Gasteiger partial charge in [-0.15, -0.1) is 0 Å². The number of nitrogens with zero attached hydrogens (tertiary/aromatic N) is 1. The Morgan fingerprint density at radius 2 is 1.92 bits per heavy atom. The third-order valence-electron chi connectivity index (χ3n) is 5.27. The number of rotatable bonds is 4. The Morgan fingerprint density at radius 1 is 1.23 bits per heavy atom. The van der Waals surface area contributed by atoms with Crippen LogP contribution in [0, 0.1) is 5.92 Å². The predicted octanol–water partition coefficient (Wildman–Crippen LogP) is 3.28. The van der Waals surface area contributed by atoms with Gasteiger partial charge in [0.2, 0.25) is 0 Å². The molecule has 1 saturated carbocycles. The third kappa shape index (κ3) is 3.85. The molecule has 0 radical (unpaired) electrons. The van der Waals surface area contributed by atoms with E-state index in [9.17, 15) is 4.79 Å². The van der Waals surface area contributed by atoms with Crippen LogP contribution >= 0.6 is 12.2 Å². The molecule has 2 N–H and O–H groups in total. The zero-order valence-corrected chi connectivity index (χ0v) is 16.7. The molecule has 1 aliphatic heterocycles. The zero-order chi connectivity index (χ0) is 18.8. The van der Waals surface area contributed by atoms with Crippen LogP contribution in [0.2, 0.25) is 0 Å². The van der Waals surface area contributed by atoms with Crippen molar-refractivity contribution < 1.29 is 9.53 Å². The van der Waals surface area contributed by atoms with Crippen molar-refractivity contribution in [3.8, 4) is 0 Å². The summed E-state index contributed by atoms with van der Waals surface area (Å²) in [5.74, 6) is 0.161. The second-order valence-electron chi connectivity index (χ2n) is 7.41. The average molecular weight is 374 g/mol. The minimum atomic E-state index is -0.302. The number of allylic oxidation sites excluding steroid dienone is 1. The molecule has 1 aromatic rings. The minimum Gasteiger partial charge on any atom is -0.459 e. The number of esters is 1. The van der Waals surface area contributed by atoms with Gasteiger partial charge in [0.25, 0.3) is 0 Å². The summed E-state index contributed by atoms with van der Waals surface area (Å²) in [5, 5.41) is 6.82. The van der Waals surface area contributed by atoms with Gasteiger partial charge in [-0.2, -0.15) is 0 Å². The maximum absolute atomic E-state index is 13.0. The van der Waals surface area contributed by atoms with E-state index in [2.05, 4.69) is 17.6 Å². The lowest BCUT2D eigenvalue weighted by Gasteiger charge is -2.31. The first-order chi connectivity index (χ1) is 12.4. The molecule has 0 saturated heterocycles. The first-order valence-electron chi connectivity index (χ1n) is 9.13. The first-order valence-corrected chi connectivity index (χ1v) is 9.54. The number of anilines is 1. The van der Waals surface area contributed by atoms with E-state index in [1.54, 1.807) is 0 Å². The Morgan fingerprint density at radius 3 is 2.50 bits per heavy atom. The summed E-state index contributed by atoms with van der Waals surface area (Å²) in [5.41, 5.74) is 3.46. The molecule has 3 rings (SSSR count). The normalized spacial score (nSPS) is 25.5. The maximum atomic E-state index is 13.0. The van der Waals surface area contributed by atoms with Crippen molar-refractivity contribution in [3.63, 3.8) is 0 Å². The van der Waals surface area contributed by atoms with Gasteiger partial charge in [0.1, 0.15) is 6.10 Å². The molecule has 1 fully saturated rings. The van der Waals surface area contributed by atoms with E-state index in [0.717, 1.165) is 36.2 Å². The molecule has 1 aromatic carbocycles. The minimum absolute atomic E-state index is 0.00782. The number of hydrogen-bond acceptors (Lipinski definition) is 4. The van der Waals surface area contributed by atoms with Crippen LogP contribution in [0.25, 0.3) is 0 Å². The van der Waals surface area contributed by atoms with E-state index >= 15 is 0 Å². The van der Waals surface area contributed by atoms with E-state index in [-0.39, 0.29) is 18.1 Å². The van der Waals surface area contributed by atoms with E-state index in [1.165, 1.54) is 0 Å². The quantitative estimate of drug-likeness (QED) is 0.624. The molecule has 0 amide bonds. The zero-order valence-electron chi connectivity index (χ0n) is 15.8. The summed E-state index contributed by atoms with van der Waals surface area (Å²) >= 11 is 5.31. The number of benzene rings is 1. The van der Waals surface area contributed by atoms with Crippen molar-refractivity contribution in [2.24, 2.45) is 5.92 Å². The summed E-state index contributed by atoms with van der Waals surface area (Å²) in [6.45, 7) is 4.03. The van der Waals surface area contributed by atoms with Crippen LogP contribution in [0.4, 0.5) is 5.69 Å². The monoisotopic (exact) mass is 373 g/mol. The molecular formula is C20H27N3O2S. The van der Waals surface area contributed by atoms with Crippen LogP contribution in [-0.4, -0.2) is 31.3 Å². The highest BCUT2D eigenvalue weighted by Crippen LogP contribution is 2.32. The Balaban J connectivity index is 1.87. The average Bonchev–Trinajstić information content (AvgIpc) is 2.99. The van der Waals surface area contributed by atoms with Crippen LogP contribution in [-0.2, 0) is 9.53 Å². The highest BCUT2D eigenvalue weighted by Gasteiger charge is 2.34. The summed E-state index contributed by atoms with van der Waals surface area (Å²) in [4.78, 5) is 15.0. The molecule has 2 aliphatic rings. The molecule has 0 unspecified atom stereocenters. The van der Waals surface area contributed by atoms with Crippen molar-refractivity contribution in [1.82, 2.24) is 10.6 Å². The van der Waals surface area contributed by atoms with Crippen molar-refractivity contribution in [3.05, 3.63) is 41.1 Å².